The van der Waals surface area contributed by atoms with Crippen LogP contribution in [0, 0.1) is 49.4 Å². The molecule has 0 aliphatic heterocycles. The Kier molecular flexibility index (Phi) is 8.63. The van der Waals surface area contributed by atoms with E-state index >= 15 is 0 Å². The number of carboxylic acids is 2. The fraction of sp³-hybridized carbons (Fsp3) is 0. The Morgan fingerprint density at radius 2 is 0.795 bits per heavy atom. The van der Waals surface area contributed by atoms with Gasteiger partial charge in [0, 0.05) is 33.6 Å². The normalized spacial score (nSPS) is 9.82. The predicted molar refractivity (Wildman–Crippen MR) is 166 cm³/mol. The molecule has 0 bridgehead atoms. The van der Waals surface area contributed by atoms with E-state index in [-0.39, 0.29) is 33.6 Å². The van der Waals surface area contributed by atoms with Crippen LogP contribution in [0.3, 0.4) is 0 Å². The molecule has 0 atom stereocenters. The van der Waals surface area contributed by atoms with E-state index < -0.39 is 23.8 Å². The summed E-state index contributed by atoms with van der Waals surface area (Å²) in [5, 5.41) is 24.8. The number of carbonyl (C=O) groups excluding carboxylic acids is 2. The lowest BCUT2D eigenvalue weighted by Gasteiger charge is -2.13. The molecule has 210 valence electrons. The highest BCUT2D eigenvalue weighted by Gasteiger charge is 2.21. The molecule has 0 unspecified atom stereocenters. The molecule has 4 aromatic carbocycles. The molecule has 44 heavy (non-hydrogen) atoms. The van der Waals surface area contributed by atoms with Gasteiger partial charge in [-0.25, -0.2) is 9.59 Å². The van der Waals surface area contributed by atoms with Crippen LogP contribution in [-0.2, 0) is 0 Å². The minimum Gasteiger partial charge on any atom is -0.478 e. The molecular weight excluding hydrogens is 556 g/mol. The lowest BCUT2D eigenvalue weighted by molar-refractivity contribution is 0.0683. The van der Waals surface area contributed by atoms with Gasteiger partial charge in [-0.15, -0.1) is 25.7 Å². The van der Waals surface area contributed by atoms with Gasteiger partial charge in [-0.1, -0.05) is 35.8 Å². The zero-order chi connectivity index (χ0) is 32.0. The van der Waals surface area contributed by atoms with Crippen LogP contribution in [0.4, 0.5) is 11.4 Å². The molecule has 0 fully saturated rings. The average Bonchev–Trinajstić information content (AvgIpc) is 3.03. The number of carbonyl (C=O) groups is 4. The molecule has 0 saturated heterocycles. The molecule has 4 N–H and O–H groups in total. The van der Waals surface area contributed by atoms with Crippen molar-refractivity contribution in [2.24, 2.45) is 0 Å². The number of anilines is 2. The molecular formula is C36H20N2O6. The number of amides is 2. The van der Waals surface area contributed by atoms with E-state index in [1.807, 2.05) is 0 Å². The number of carboxylic acid groups (broad SMARTS) is 2. The first kappa shape index (κ1) is 30.0. The average molecular weight is 577 g/mol. The zero-order valence-electron chi connectivity index (χ0n) is 22.8. The van der Waals surface area contributed by atoms with Crippen molar-refractivity contribution in [3.63, 3.8) is 0 Å². The smallest absolute Gasteiger partial charge is 0.336 e. The molecule has 0 aliphatic rings. The lowest BCUT2D eigenvalue weighted by Crippen LogP contribution is -2.17. The van der Waals surface area contributed by atoms with Crippen LogP contribution in [0.5, 0.6) is 0 Å². The van der Waals surface area contributed by atoms with E-state index in [4.69, 9.17) is 25.7 Å². The highest BCUT2D eigenvalue weighted by atomic mass is 16.4. The first-order valence-electron chi connectivity index (χ1n) is 12.6. The van der Waals surface area contributed by atoms with Crippen molar-refractivity contribution in [1.29, 1.82) is 0 Å². The summed E-state index contributed by atoms with van der Waals surface area (Å²) in [6.07, 6.45) is 21.9. The number of aromatic carboxylic acids is 2. The van der Waals surface area contributed by atoms with Crippen molar-refractivity contribution >= 4 is 35.1 Å². The summed E-state index contributed by atoms with van der Waals surface area (Å²) in [7, 11) is 0. The maximum absolute atomic E-state index is 13.3. The Morgan fingerprint density at radius 3 is 1.07 bits per heavy atom. The van der Waals surface area contributed by atoms with Crippen molar-refractivity contribution < 1.29 is 29.4 Å². The summed E-state index contributed by atoms with van der Waals surface area (Å²) in [6, 6.07) is 17.1. The molecule has 0 spiro atoms. The van der Waals surface area contributed by atoms with Crippen LogP contribution in [0.15, 0.2) is 72.8 Å². The van der Waals surface area contributed by atoms with Gasteiger partial charge in [-0.05, 0) is 71.8 Å². The summed E-state index contributed by atoms with van der Waals surface area (Å²) < 4.78 is 0. The molecule has 8 heteroatoms. The Balaban J connectivity index is 1.75. The number of rotatable bonds is 7. The van der Waals surface area contributed by atoms with Crippen molar-refractivity contribution in [1.82, 2.24) is 0 Å². The highest BCUT2D eigenvalue weighted by Crippen LogP contribution is 2.27. The minimum absolute atomic E-state index is 0.204. The van der Waals surface area contributed by atoms with Crippen LogP contribution in [0.1, 0.15) is 63.7 Å². The monoisotopic (exact) mass is 576 g/mol. The van der Waals surface area contributed by atoms with Crippen LogP contribution >= 0.6 is 0 Å². The van der Waals surface area contributed by atoms with Crippen LogP contribution < -0.4 is 10.6 Å². The first-order valence-corrected chi connectivity index (χ1v) is 12.6. The summed E-state index contributed by atoms with van der Waals surface area (Å²) in [5.41, 5.74) is 1.82. The third-order valence-corrected chi connectivity index (χ3v) is 6.37. The molecule has 4 aromatic rings. The first-order chi connectivity index (χ1) is 21.1. The van der Waals surface area contributed by atoms with Crippen molar-refractivity contribution in [3.8, 4) is 60.5 Å². The minimum atomic E-state index is -1.36. The van der Waals surface area contributed by atoms with Crippen molar-refractivity contribution in [3.05, 3.63) is 117 Å². The van der Waals surface area contributed by atoms with Gasteiger partial charge >= 0.3 is 11.9 Å². The Hall–Kier alpha value is -7.00. The summed E-state index contributed by atoms with van der Waals surface area (Å²) >= 11 is 0. The maximum Gasteiger partial charge on any atom is 0.336 e. The largest absolute Gasteiger partial charge is 0.478 e. The Morgan fingerprint density at radius 1 is 0.477 bits per heavy atom. The summed E-state index contributed by atoms with van der Waals surface area (Å²) in [4.78, 5) is 50.6. The van der Waals surface area contributed by atoms with Gasteiger partial charge in [-0.2, -0.15) is 0 Å². The van der Waals surface area contributed by atoms with Crippen LogP contribution in [0.25, 0.3) is 11.1 Å². The standard InChI is InChI=1S/C36H20N2O6/c1-5-21-13-22(6-2)16-27(15-21)37-33(39)31-19-25(9-11-29(31)35(41)42)26-10-12-30(36(43)44)32(20-26)34(40)38-28-17-23(7-3)14-24(8-4)18-28/h1-4,9-20H,(H,37,39)(H,38,40)(H,41,42)(H,43,44). The second-order valence-electron chi connectivity index (χ2n) is 9.21. The molecule has 0 saturated carbocycles. The molecule has 0 aliphatic carbocycles. The van der Waals surface area contributed by atoms with E-state index in [1.165, 1.54) is 60.7 Å². The Bertz CT molecular complexity index is 1850. The quantitative estimate of drug-likeness (QED) is 0.224. The van der Waals surface area contributed by atoms with Gasteiger partial charge in [0.2, 0.25) is 0 Å². The fourth-order valence-electron chi connectivity index (χ4n) is 4.33. The van der Waals surface area contributed by atoms with Gasteiger partial charge in [0.1, 0.15) is 0 Å². The predicted octanol–water partition coefficient (Wildman–Crippen LogP) is 5.18. The third kappa shape index (κ3) is 6.48. The van der Waals surface area contributed by atoms with E-state index in [0.29, 0.717) is 33.4 Å². The van der Waals surface area contributed by atoms with E-state index in [0.717, 1.165) is 0 Å². The van der Waals surface area contributed by atoms with Gasteiger partial charge in [0.05, 0.1) is 22.3 Å². The maximum atomic E-state index is 13.3. The fourth-order valence-corrected chi connectivity index (χ4v) is 4.33. The highest BCUT2D eigenvalue weighted by molar-refractivity contribution is 6.13. The molecule has 8 nitrogen and oxygen atoms in total. The molecule has 2 amide bonds. The van der Waals surface area contributed by atoms with Gasteiger partial charge < -0.3 is 20.8 Å². The second kappa shape index (κ2) is 12.7. The van der Waals surface area contributed by atoms with Crippen LogP contribution in [-0.4, -0.2) is 34.0 Å². The molecule has 4 rings (SSSR count). The summed E-state index contributed by atoms with van der Waals surface area (Å²) in [5.74, 6) is 5.50. The molecule has 0 heterocycles. The van der Waals surface area contributed by atoms with Gasteiger partial charge in [-0.3, -0.25) is 9.59 Å². The van der Waals surface area contributed by atoms with E-state index in [1.54, 1.807) is 12.1 Å². The topological polar surface area (TPSA) is 133 Å². The number of hydrogen-bond acceptors (Lipinski definition) is 4. The van der Waals surface area contributed by atoms with E-state index in [9.17, 15) is 29.4 Å². The SMILES string of the molecule is C#Cc1cc(C#C)cc(NC(=O)c2cc(-c3ccc(C(=O)O)c(C(=O)Nc4cc(C#C)cc(C#C)c4)c3)ccc2C(=O)O)c1. The molecule has 0 aromatic heterocycles. The zero-order valence-corrected chi connectivity index (χ0v) is 22.8. The summed E-state index contributed by atoms with van der Waals surface area (Å²) in [6.45, 7) is 0. The van der Waals surface area contributed by atoms with E-state index in [2.05, 4.69) is 34.3 Å². The van der Waals surface area contributed by atoms with Gasteiger partial charge in [0.15, 0.2) is 0 Å². The number of hydrogen-bond donors (Lipinski definition) is 4. The van der Waals surface area contributed by atoms with Crippen molar-refractivity contribution in [2.45, 2.75) is 0 Å². The number of nitrogens with one attached hydrogen (secondary N) is 2. The third-order valence-electron chi connectivity index (χ3n) is 6.37. The second-order valence-corrected chi connectivity index (χ2v) is 9.21. The lowest BCUT2D eigenvalue weighted by atomic mass is 9.95. The Labute approximate surface area is 252 Å². The van der Waals surface area contributed by atoms with Crippen LogP contribution in [0.2, 0.25) is 0 Å². The number of terminal acetylenes is 4. The molecule has 0 radical (unpaired) electrons. The van der Waals surface area contributed by atoms with Gasteiger partial charge in [0.25, 0.3) is 11.8 Å². The number of benzene rings is 4. The van der Waals surface area contributed by atoms with Crippen molar-refractivity contribution in [2.75, 3.05) is 10.6 Å².